The van der Waals surface area contributed by atoms with Gasteiger partial charge in [0.1, 0.15) is 0 Å². The van der Waals surface area contributed by atoms with Gasteiger partial charge < -0.3 is 0 Å². The zero-order valence-electron chi connectivity index (χ0n) is 9.29. The molecule has 2 aromatic rings. The molecule has 0 aliphatic rings. The summed E-state index contributed by atoms with van der Waals surface area (Å²) in [6, 6.07) is 5.52. The standard InChI is InChI=1S/C12H11BrCl2N2S/c13-10-6-18-5-9(10)12(17-16)3-7-1-2-8(14)4-11(7)15/h1-2,4-6,12,17H,3,16H2. The summed E-state index contributed by atoms with van der Waals surface area (Å²) in [5.74, 6) is 5.63. The van der Waals surface area contributed by atoms with Crippen LogP contribution >= 0.6 is 50.5 Å². The molecule has 0 saturated heterocycles. The zero-order valence-corrected chi connectivity index (χ0v) is 13.2. The number of rotatable bonds is 4. The number of thiophene rings is 1. The molecule has 0 bridgehead atoms. The lowest BCUT2D eigenvalue weighted by Gasteiger charge is -2.16. The fraction of sp³-hybridized carbons (Fsp3) is 0.167. The third-order valence-corrected chi connectivity index (χ3v) is 5.00. The van der Waals surface area contributed by atoms with Crippen LogP contribution in [0.1, 0.15) is 17.2 Å². The van der Waals surface area contributed by atoms with Crippen molar-refractivity contribution in [2.75, 3.05) is 0 Å². The predicted octanol–water partition coefficient (Wildman–Crippen LogP) is 4.56. The molecule has 3 N–H and O–H groups in total. The Balaban J connectivity index is 2.23. The highest BCUT2D eigenvalue weighted by atomic mass is 79.9. The lowest BCUT2D eigenvalue weighted by molar-refractivity contribution is 0.552. The monoisotopic (exact) mass is 364 g/mol. The fourth-order valence-electron chi connectivity index (χ4n) is 1.71. The highest BCUT2D eigenvalue weighted by Gasteiger charge is 2.16. The van der Waals surface area contributed by atoms with E-state index in [-0.39, 0.29) is 6.04 Å². The minimum Gasteiger partial charge on any atom is -0.271 e. The van der Waals surface area contributed by atoms with Gasteiger partial charge in [-0.25, -0.2) is 0 Å². The second-order valence-electron chi connectivity index (χ2n) is 3.83. The third-order valence-electron chi connectivity index (χ3n) is 2.66. The van der Waals surface area contributed by atoms with Crippen molar-refractivity contribution < 1.29 is 0 Å². The number of hydrogen-bond donors (Lipinski definition) is 2. The molecule has 18 heavy (non-hydrogen) atoms. The molecule has 2 nitrogen and oxygen atoms in total. The quantitative estimate of drug-likeness (QED) is 0.615. The SMILES string of the molecule is NNC(Cc1ccc(Cl)cc1Cl)c1cscc1Br. The largest absolute Gasteiger partial charge is 0.271 e. The fourth-order valence-corrected chi connectivity index (χ4v) is 3.82. The normalized spacial score (nSPS) is 12.7. The van der Waals surface area contributed by atoms with Crippen molar-refractivity contribution in [2.24, 2.45) is 5.84 Å². The summed E-state index contributed by atoms with van der Waals surface area (Å²) in [4.78, 5) is 0. The molecule has 1 unspecified atom stereocenters. The van der Waals surface area contributed by atoms with Crippen LogP contribution in [0.4, 0.5) is 0 Å². The Morgan fingerprint density at radius 3 is 2.67 bits per heavy atom. The van der Waals surface area contributed by atoms with Crippen molar-refractivity contribution in [3.63, 3.8) is 0 Å². The molecule has 0 spiro atoms. The van der Waals surface area contributed by atoms with Gasteiger partial charge in [-0.1, -0.05) is 29.3 Å². The molecule has 1 atom stereocenters. The van der Waals surface area contributed by atoms with Crippen LogP contribution in [0.15, 0.2) is 33.4 Å². The van der Waals surface area contributed by atoms with E-state index in [1.165, 1.54) is 0 Å². The molecule has 0 aliphatic carbocycles. The maximum Gasteiger partial charge on any atom is 0.0520 e. The lowest BCUT2D eigenvalue weighted by atomic mass is 10.0. The smallest absolute Gasteiger partial charge is 0.0520 e. The summed E-state index contributed by atoms with van der Waals surface area (Å²) >= 11 is 17.2. The van der Waals surface area contributed by atoms with Gasteiger partial charge in [0.15, 0.2) is 0 Å². The minimum atomic E-state index is 0.0179. The summed E-state index contributed by atoms with van der Waals surface area (Å²) in [5, 5.41) is 5.40. The van der Waals surface area contributed by atoms with Crippen molar-refractivity contribution in [1.82, 2.24) is 5.43 Å². The number of halogens is 3. The van der Waals surface area contributed by atoms with Crippen LogP contribution < -0.4 is 11.3 Å². The van der Waals surface area contributed by atoms with E-state index < -0.39 is 0 Å². The Bertz CT molecular complexity index is 545. The van der Waals surface area contributed by atoms with Crippen LogP contribution in [-0.2, 0) is 6.42 Å². The van der Waals surface area contributed by atoms with Crippen molar-refractivity contribution in [1.29, 1.82) is 0 Å². The molecule has 1 aromatic heterocycles. The number of nitrogens with one attached hydrogen (secondary N) is 1. The maximum atomic E-state index is 6.17. The molecular weight excluding hydrogens is 355 g/mol. The first-order valence-corrected chi connectivity index (χ1v) is 7.72. The van der Waals surface area contributed by atoms with Gasteiger partial charge >= 0.3 is 0 Å². The van der Waals surface area contributed by atoms with Gasteiger partial charge in [0, 0.05) is 19.9 Å². The van der Waals surface area contributed by atoms with Crippen molar-refractivity contribution in [2.45, 2.75) is 12.5 Å². The van der Waals surface area contributed by atoms with Gasteiger partial charge in [-0.2, -0.15) is 11.3 Å². The van der Waals surface area contributed by atoms with E-state index in [4.69, 9.17) is 29.0 Å². The second-order valence-corrected chi connectivity index (χ2v) is 6.28. The summed E-state index contributed by atoms with van der Waals surface area (Å²) in [5.41, 5.74) is 4.97. The zero-order chi connectivity index (χ0) is 13.1. The highest BCUT2D eigenvalue weighted by Crippen LogP contribution is 2.31. The molecule has 96 valence electrons. The molecule has 2 rings (SSSR count). The van der Waals surface area contributed by atoms with Gasteiger partial charge in [0.2, 0.25) is 0 Å². The minimum absolute atomic E-state index is 0.0179. The molecular formula is C12H11BrCl2N2S. The number of benzene rings is 1. The van der Waals surface area contributed by atoms with Gasteiger partial charge in [-0.3, -0.25) is 11.3 Å². The first-order valence-electron chi connectivity index (χ1n) is 5.23. The molecule has 1 heterocycles. The molecule has 1 aromatic carbocycles. The number of nitrogens with two attached hydrogens (primary N) is 1. The van der Waals surface area contributed by atoms with Crippen LogP contribution in [0.2, 0.25) is 10.0 Å². The average Bonchev–Trinajstić information content (AvgIpc) is 2.75. The maximum absolute atomic E-state index is 6.17. The first kappa shape index (κ1) is 14.3. The summed E-state index contributed by atoms with van der Waals surface area (Å²) in [6.07, 6.45) is 0.710. The Kier molecular flexibility index (Phi) is 5.06. The Labute approximate surface area is 128 Å². The Morgan fingerprint density at radius 2 is 2.11 bits per heavy atom. The van der Waals surface area contributed by atoms with E-state index >= 15 is 0 Å². The predicted molar refractivity (Wildman–Crippen MR) is 82.2 cm³/mol. The molecule has 0 amide bonds. The molecule has 6 heteroatoms. The van der Waals surface area contributed by atoms with Gasteiger partial charge in [-0.15, -0.1) is 0 Å². The van der Waals surface area contributed by atoms with Crippen molar-refractivity contribution in [3.8, 4) is 0 Å². The molecule has 0 fully saturated rings. The Hall–Kier alpha value is -0.100. The third kappa shape index (κ3) is 3.26. The average molecular weight is 366 g/mol. The Morgan fingerprint density at radius 1 is 1.33 bits per heavy atom. The van der Waals surface area contributed by atoms with E-state index in [0.29, 0.717) is 16.5 Å². The van der Waals surface area contributed by atoms with Crippen LogP contribution in [0.25, 0.3) is 0 Å². The first-order chi connectivity index (χ1) is 8.61. The summed E-state index contributed by atoms with van der Waals surface area (Å²) < 4.78 is 1.06. The van der Waals surface area contributed by atoms with Crippen molar-refractivity contribution in [3.05, 3.63) is 54.6 Å². The molecule has 0 aliphatic heterocycles. The van der Waals surface area contributed by atoms with E-state index in [2.05, 4.69) is 26.7 Å². The highest BCUT2D eigenvalue weighted by molar-refractivity contribution is 9.10. The topological polar surface area (TPSA) is 38.0 Å². The van der Waals surface area contributed by atoms with Crippen LogP contribution in [0.3, 0.4) is 0 Å². The van der Waals surface area contributed by atoms with Gasteiger partial charge in [0.25, 0.3) is 0 Å². The lowest BCUT2D eigenvalue weighted by Crippen LogP contribution is -2.29. The molecule has 0 saturated carbocycles. The van der Waals surface area contributed by atoms with Crippen molar-refractivity contribution >= 4 is 50.5 Å². The van der Waals surface area contributed by atoms with Crippen LogP contribution in [0, 0.1) is 0 Å². The van der Waals surface area contributed by atoms with E-state index in [9.17, 15) is 0 Å². The van der Waals surface area contributed by atoms with Gasteiger partial charge in [-0.05, 0) is 51.0 Å². The summed E-state index contributed by atoms with van der Waals surface area (Å²) in [6.45, 7) is 0. The van der Waals surface area contributed by atoms with E-state index in [1.807, 2.05) is 17.5 Å². The molecule has 0 radical (unpaired) electrons. The number of hydrogen-bond acceptors (Lipinski definition) is 3. The summed E-state index contributed by atoms with van der Waals surface area (Å²) in [7, 11) is 0. The number of hydrazine groups is 1. The second kappa shape index (κ2) is 6.37. The van der Waals surface area contributed by atoms with Gasteiger partial charge in [0.05, 0.1) is 6.04 Å². The van der Waals surface area contributed by atoms with Crippen LogP contribution in [0.5, 0.6) is 0 Å². The van der Waals surface area contributed by atoms with E-state index in [0.717, 1.165) is 15.6 Å². The van der Waals surface area contributed by atoms with E-state index in [1.54, 1.807) is 17.4 Å². The van der Waals surface area contributed by atoms with Crippen LogP contribution in [-0.4, -0.2) is 0 Å².